The van der Waals surface area contributed by atoms with Crippen molar-refractivity contribution in [2.75, 3.05) is 11.9 Å². The number of benzene rings is 1. The van der Waals surface area contributed by atoms with Crippen LogP contribution in [-0.4, -0.2) is 23.8 Å². The number of carbonyl (C=O) groups is 1. The smallest absolute Gasteiger partial charge is 0.319 e. The summed E-state index contributed by atoms with van der Waals surface area (Å²) >= 11 is 5.49. The standard InChI is InChI=1S/C10H12ClFN2O2/c1-6(5-15)13-10(16)14-7-2-3-8(11)9(12)4-7/h2-4,6,15H,5H2,1H3,(H2,13,14,16). The molecule has 4 nitrogen and oxygen atoms in total. The molecule has 6 heteroatoms. The van der Waals surface area contributed by atoms with Gasteiger partial charge in [-0.3, -0.25) is 0 Å². The molecular weight excluding hydrogens is 235 g/mol. The minimum absolute atomic E-state index is 0.00492. The molecule has 0 aliphatic heterocycles. The van der Waals surface area contributed by atoms with Crippen molar-refractivity contribution in [2.45, 2.75) is 13.0 Å². The van der Waals surface area contributed by atoms with Crippen molar-refractivity contribution in [1.82, 2.24) is 5.32 Å². The van der Waals surface area contributed by atoms with Gasteiger partial charge in [-0.1, -0.05) is 11.6 Å². The van der Waals surface area contributed by atoms with E-state index in [-0.39, 0.29) is 17.7 Å². The third kappa shape index (κ3) is 3.67. The monoisotopic (exact) mass is 246 g/mol. The number of nitrogens with one attached hydrogen (secondary N) is 2. The van der Waals surface area contributed by atoms with Crippen LogP contribution < -0.4 is 10.6 Å². The van der Waals surface area contributed by atoms with E-state index in [0.717, 1.165) is 6.07 Å². The van der Waals surface area contributed by atoms with E-state index in [0.29, 0.717) is 5.69 Å². The molecule has 0 bridgehead atoms. The fraction of sp³-hybridized carbons (Fsp3) is 0.300. The molecule has 1 rings (SSSR count). The number of carbonyl (C=O) groups excluding carboxylic acids is 1. The highest BCUT2D eigenvalue weighted by Gasteiger charge is 2.07. The number of rotatable bonds is 3. The topological polar surface area (TPSA) is 61.4 Å². The number of urea groups is 1. The molecule has 0 saturated carbocycles. The second kappa shape index (κ2) is 5.67. The number of aliphatic hydroxyl groups excluding tert-OH is 1. The largest absolute Gasteiger partial charge is 0.394 e. The van der Waals surface area contributed by atoms with Gasteiger partial charge in [0.25, 0.3) is 0 Å². The normalized spacial score (nSPS) is 12.0. The fourth-order valence-corrected chi connectivity index (χ4v) is 1.13. The SMILES string of the molecule is CC(CO)NC(=O)Nc1ccc(Cl)c(F)c1. The Hall–Kier alpha value is -1.33. The maximum absolute atomic E-state index is 13.0. The van der Waals surface area contributed by atoms with Gasteiger partial charge in [0, 0.05) is 5.69 Å². The van der Waals surface area contributed by atoms with Crippen molar-refractivity contribution in [3.63, 3.8) is 0 Å². The molecule has 0 aliphatic carbocycles. The molecule has 1 unspecified atom stereocenters. The Balaban J connectivity index is 2.59. The number of anilines is 1. The van der Waals surface area contributed by atoms with Gasteiger partial charge in [-0.15, -0.1) is 0 Å². The second-order valence-corrected chi connectivity index (χ2v) is 3.72. The molecule has 0 saturated heterocycles. The lowest BCUT2D eigenvalue weighted by Crippen LogP contribution is -2.38. The van der Waals surface area contributed by atoms with E-state index in [1.807, 2.05) is 0 Å². The maximum atomic E-state index is 13.0. The highest BCUT2D eigenvalue weighted by atomic mass is 35.5. The second-order valence-electron chi connectivity index (χ2n) is 3.31. The molecule has 3 N–H and O–H groups in total. The van der Waals surface area contributed by atoms with Crippen LogP contribution in [0.25, 0.3) is 0 Å². The van der Waals surface area contributed by atoms with Crippen LogP contribution in [0.1, 0.15) is 6.92 Å². The molecule has 1 aromatic rings. The minimum Gasteiger partial charge on any atom is -0.394 e. The van der Waals surface area contributed by atoms with Gasteiger partial charge in [0.1, 0.15) is 5.82 Å². The lowest BCUT2D eigenvalue weighted by molar-refractivity contribution is 0.229. The van der Waals surface area contributed by atoms with Gasteiger partial charge < -0.3 is 15.7 Å². The summed E-state index contributed by atoms with van der Waals surface area (Å²) in [7, 11) is 0. The van der Waals surface area contributed by atoms with Gasteiger partial charge in [0.2, 0.25) is 0 Å². The summed E-state index contributed by atoms with van der Waals surface area (Å²) in [5, 5.41) is 13.6. The van der Waals surface area contributed by atoms with Gasteiger partial charge >= 0.3 is 6.03 Å². The Labute approximate surface area is 97.4 Å². The molecule has 0 radical (unpaired) electrons. The van der Waals surface area contributed by atoms with Crippen LogP contribution in [-0.2, 0) is 0 Å². The summed E-state index contributed by atoms with van der Waals surface area (Å²) in [6.07, 6.45) is 0. The molecule has 2 amide bonds. The van der Waals surface area contributed by atoms with Crippen molar-refractivity contribution < 1.29 is 14.3 Å². The first-order valence-electron chi connectivity index (χ1n) is 4.66. The van der Waals surface area contributed by atoms with E-state index in [1.165, 1.54) is 12.1 Å². The first-order valence-corrected chi connectivity index (χ1v) is 5.04. The summed E-state index contributed by atoms with van der Waals surface area (Å²) in [6.45, 7) is 1.48. The quantitative estimate of drug-likeness (QED) is 0.764. The first kappa shape index (κ1) is 12.7. The lowest BCUT2D eigenvalue weighted by atomic mass is 10.3. The van der Waals surface area contributed by atoms with Gasteiger partial charge in [-0.05, 0) is 25.1 Å². The predicted molar refractivity (Wildman–Crippen MR) is 60.1 cm³/mol. The van der Waals surface area contributed by atoms with Crippen LogP contribution in [0.15, 0.2) is 18.2 Å². The van der Waals surface area contributed by atoms with Gasteiger partial charge in [0.15, 0.2) is 0 Å². The van der Waals surface area contributed by atoms with E-state index in [1.54, 1.807) is 6.92 Å². The summed E-state index contributed by atoms with van der Waals surface area (Å²) in [5.74, 6) is -0.602. The third-order valence-corrected chi connectivity index (χ3v) is 2.14. The maximum Gasteiger partial charge on any atom is 0.319 e. The van der Waals surface area contributed by atoms with Crippen molar-refractivity contribution >= 4 is 23.3 Å². The zero-order valence-corrected chi connectivity index (χ0v) is 9.38. The Morgan fingerprint density at radius 1 is 1.62 bits per heavy atom. The molecule has 0 fully saturated rings. The predicted octanol–water partition coefficient (Wildman–Crippen LogP) is 1.98. The molecule has 0 heterocycles. The Kier molecular flexibility index (Phi) is 4.52. The fourth-order valence-electron chi connectivity index (χ4n) is 1.01. The average Bonchev–Trinajstić information content (AvgIpc) is 2.23. The van der Waals surface area contributed by atoms with Crippen LogP contribution in [0.2, 0.25) is 5.02 Å². The molecule has 88 valence electrons. The average molecular weight is 247 g/mol. The number of halogens is 2. The van der Waals surface area contributed by atoms with Crippen molar-refractivity contribution in [3.05, 3.63) is 29.0 Å². The molecule has 0 aliphatic rings. The molecule has 0 spiro atoms. The third-order valence-electron chi connectivity index (χ3n) is 1.83. The van der Waals surface area contributed by atoms with E-state index in [4.69, 9.17) is 16.7 Å². The Morgan fingerprint density at radius 2 is 2.31 bits per heavy atom. The van der Waals surface area contributed by atoms with E-state index >= 15 is 0 Å². The Morgan fingerprint density at radius 3 is 2.88 bits per heavy atom. The number of amides is 2. The number of hydrogen-bond acceptors (Lipinski definition) is 2. The molecule has 1 atom stereocenters. The highest BCUT2D eigenvalue weighted by molar-refractivity contribution is 6.30. The van der Waals surface area contributed by atoms with E-state index in [2.05, 4.69) is 10.6 Å². The highest BCUT2D eigenvalue weighted by Crippen LogP contribution is 2.18. The number of aliphatic hydroxyl groups is 1. The van der Waals surface area contributed by atoms with Gasteiger partial charge in [-0.2, -0.15) is 0 Å². The number of hydrogen-bond donors (Lipinski definition) is 3. The molecular formula is C10H12ClFN2O2. The zero-order valence-electron chi connectivity index (χ0n) is 8.63. The van der Waals surface area contributed by atoms with Crippen molar-refractivity contribution in [1.29, 1.82) is 0 Å². The van der Waals surface area contributed by atoms with E-state index < -0.39 is 11.8 Å². The van der Waals surface area contributed by atoms with Gasteiger partial charge in [-0.25, -0.2) is 9.18 Å². The summed E-state index contributed by atoms with van der Waals surface area (Å²) in [6, 6.07) is 3.07. The van der Waals surface area contributed by atoms with Gasteiger partial charge in [0.05, 0.1) is 17.7 Å². The van der Waals surface area contributed by atoms with Crippen LogP contribution in [0, 0.1) is 5.82 Å². The first-order chi connectivity index (χ1) is 7.52. The zero-order chi connectivity index (χ0) is 12.1. The minimum atomic E-state index is -0.602. The van der Waals surface area contributed by atoms with Crippen molar-refractivity contribution in [3.8, 4) is 0 Å². The van der Waals surface area contributed by atoms with Crippen LogP contribution in [0.5, 0.6) is 0 Å². The molecule has 0 aromatic heterocycles. The van der Waals surface area contributed by atoms with Crippen LogP contribution >= 0.6 is 11.6 Å². The summed E-state index contributed by atoms with van der Waals surface area (Å²) in [4.78, 5) is 11.3. The van der Waals surface area contributed by atoms with Crippen LogP contribution in [0.4, 0.5) is 14.9 Å². The van der Waals surface area contributed by atoms with Crippen LogP contribution in [0.3, 0.4) is 0 Å². The lowest BCUT2D eigenvalue weighted by Gasteiger charge is -2.12. The molecule has 1 aromatic carbocycles. The van der Waals surface area contributed by atoms with E-state index in [9.17, 15) is 9.18 Å². The molecule has 16 heavy (non-hydrogen) atoms. The summed E-state index contributed by atoms with van der Waals surface area (Å²) < 4.78 is 13.0. The summed E-state index contributed by atoms with van der Waals surface area (Å²) in [5.41, 5.74) is 0.296. The van der Waals surface area contributed by atoms with Crippen molar-refractivity contribution in [2.24, 2.45) is 0 Å². The Bertz CT molecular complexity index is 387.